The fourth-order valence-electron chi connectivity index (χ4n) is 3.76. The number of carbonyl (C=O) groups is 2. The van der Waals surface area contributed by atoms with Gasteiger partial charge in [0.1, 0.15) is 11.8 Å². The summed E-state index contributed by atoms with van der Waals surface area (Å²) in [5.41, 5.74) is 0.864. The number of carbonyl (C=O) groups excluding carboxylic acids is 2. The van der Waals surface area contributed by atoms with Crippen molar-refractivity contribution in [1.29, 1.82) is 5.26 Å². The van der Waals surface area contributed by atoms with Gasteiger partial charge in [0.15, 0.2) is 5.82 Å². The van der Waals surface area contributed by atoms with E-state index in [0.717, 1.165) is 4.86 Å². The lowest BCUT2D eigenvalue weighted by Crippen LogP contribution is -2.41. The number of hydrogen-bond acceptors (Lipinski definition) is 7. The first kappa shape index (κ1) is 26.3. The average Bonchev–Trinajstić information content (AvgIpc) is 3.22. The van der Waals surface area contributed by atoms with Crippen LogP contribution in [0.4, 0.5) is 5.69 Å². The zero-order chi connectivity index (χ0) is 26.9. The molecule has 1 fully saturated rings. The number of nitrogens with zero attached hydrogens (tertiary/aromatic N) is 4. The van der Waals surface area contributed by atoms with E-state index in [9.17, 15) is 14.9 Å². The Balaban J connectivity index is 1.73. The van der Waals surface area contributed by atoms with Crippen molar-refractivity contribution in [3.8, 4) is 17.8 Å². The van der Waals surface area contributed by atoms with Crippen LogP contribution in [0.3, 0.4) is 0 Å². The molecule has 3 aromatic rings. The van der Waals surface area contributed by atoms with Gasteiger partial charge < -0.3 is 15.4 Å². The van der Waals surface area contributed by atoms with Crippen molar-refractivity contribution < 1.29 is 14.3 Å². The molecule has 0 spiro atoms. The minimum Gasteiger partial charge on any atom is -0.473 e. The maximum Gasteiger partial charge on any atom is 0.274 e. The molecule has 2 N–H and O–H groups in total. The van der Waals surface area contributed by atoms with E-state index in [1.54, 1.807) is 25.1 Å². The van der Waals surface area contributed by atoms with Gasteiger partial charge in [0.2, 0.25) is 5.88 Å². The number of thiocarbonyl (C=S) groups is 1. The molecule has 0 unspecified atom stereocenters. The number of rotatable bonds is 6. The Kier molecular flexibility index (Phi) is 7.30. The third-order valence-electron chi connectivity index (χ3n) is 5.49. The molecule has 1 aliphatic carbocycles. The minimum atomic E-state index is -0.564. The maximum atomic E-state index is 13.6. The van der Waals surface area contributed by atoms with Crippen molar-refractivity contribution in [3.05, 3.63) is 63.9 Å². The van der Waals surface area contributed by atoms with Crippen LogP contribution < -0.4 is 15.4 Å². The maximum absolute atomic E-state index is 13.6. The Hall–Kier alpha value is -3.81. The Labute approximate surface area is 224 Å². The van der Waals surface area contributed by atoms with E-state index in [2.05, 4.69) is 26.8 Å². The van der Waals surface area contributed by atoms with Crippen molar-refractivity contribution in [3.63, 3.8) is 0 Å². The molecular formula is C26H25ClN6O3S. The summed E-state index contributed by atoms with van der Waals surface area (Å²) in [5, 5.41) is 19.9. The van der Waals surface area contributed by atoms with E-state index >= 15 is 0 Å². The first-order valence-corrected chi connectivity index (χ1v) is 12.3. The lowest BCUT2D eigenvalue weighted by atomic mass is 9.96. The molecule has 0 aliphatic heterocycles. The van der Waals surface area contributed by atoms with E-state index in [-0.39, 0.29) is 39.8 Å². The van der Waals surface area contributed by atoms with Crippen LogP contribution in [0, 0.1) is 18.3 Å². The zero-order valence-corrected chi connectivity index (χ0v) is 22.3. The summed E-state index contributed by atoms with van der Waals surface area (Å²) in [6.07, 6.45) is 2.71. The van der Waals surface area contributed by atoms with Crippen LogP contribution in [0.25, 0.3) is 5.82 Å². The van der Waals surface area contributed by atoms with Gasteiger partial charge in [0, 0.05) is 35.5 Å². The van der Waals surface area contributed by atoms with Crippen molar-refractivity contribution in [2.75, 3.05) is 5.32 Å². The predicted molar refractivity (Wildman–Crippen MR) is 144 cm³/mol. The number of halogens is 1. The van der Waals surface area contributed by atoms with E-state index in [1.807, 2.05) is 20.8 Å². The second-order valence-corrected chi connectivity index (χ2v) is 10.7. The van der Waals surface area contributed by atoms with Crippen molar-refractivity contribution in [1.82, 2.24) is 20.1 Å². The normalized spacial score (nSPS) is 13.5. The summed E-state index contributed by atoms with van der Waals surface area (Å²) in [4.78, 5) is 31.9. The molecule has 190 valence electrons. The molecule has 0 bridgehead atoms. The van der Waals surface area contributed by atoms with E-state index in [0.29, 0.717) is 24.0 Å². The Bertz CT molecular complexity index is 1450. The molecule has 2 amide bonds. The van der Waals surface area contributed by atoms with Gasteiger partial charge in [-0.3, -0.25) is 9.59 Å². The summed E-state index contributed by atoms with van der Waals surface area (Å²) in [6.45, 7) is 7.24. The molecule has 2 heterocycles. The Morgan fingerprint density at radius 1 is 1.24 bits per heavy atom. The van der Waals surface area contributed by atoms with Crippen molar-refractivity contribution in [2.24, 2.45) is 0 Å². The molecule has 2 aromatic heterocycles. The third-order valence-corrected chi connectivity index (χ3v) is 6.12. The number of hydrogen-bond donors (Lipinski definition) is 2. The minimum absolute atomic E-state index is 0.100. The molecule has 1 aromatic carbocycles. The summed E-state index contributed by atoms with van der Waals surface area (Å²) in [7, 11) is 0. The number of pyridine rings is 1. The molecule has 0 radical (unpaired) electrons. The highest BCUT2D eigenvalue weighted by molar-refractivity contribution is 7.80. The smallest absolute Gasteiger partial charge is 0.274 e. The van der Waals surface area contributed by atoms with Crippen LogP contribution in [-0.2, 0) is 0 Å². The van der Waals surface area contributed by atoms with Gasteiger partial charge in [0.25, 0.3) is 11.8 Å². The summed E-state index contributed by atoms with van der Waals surface area (Å²) >= 11 is 11.5. The fourth-order valence-corrected chi connectivity index (χ4v) is 4.33. The molecule has 1 saturated carbocycles. The van der Waals surface area contributed by atoms with Crippen LogP contribution in [0.1, 0.15) is 65.6 Å². The van der Waals surface area contributed by atoms with Gasteiger partial charge >= 0.3 is 0 Å². The quantitative estimate of drug-likeness (QED) is 0.434. The van der Waals surface area contributed by atoms with Gasteiger partial charge in [-0.1, -0.05) is 23.8 Å². The number of ether oxygens (including phenoxy) is 1. The van der Waals surface area contributed by atoms with Gasteiger partial charge in [-0.25, -0.2) is 9.67 Å². The second-order valence-electron chi connectivity index (χ2n) is 9.76. The monoisotopic (exact) mass is 536 g/mol. The van der Waals surface area contributed by atoms with Crippen LogP contribution in [0.15, 0.2) is 36.5 Å². The number of anilines is 1. The number of amides is 2. The Morgan fingerprint density at radius 2 is 1.97 bits per heavy atom. The molecule has 4 rings (SSSR count). The third kappa shape index (κ3) is 5.96. The molecule has 37 heavy (non-hydrogen) atoms. The second kappa shape index (κ2) is 10.3. The Morgan fingerprint density at radius 3 is 2.59 bits per heavy atom. The van der Waals surface area contributed by atoms with Gasteiger partial charge in [-0.15, -0.1) is 5.10 Å². The molecule has 0 saturated heterocycles. The predicted octanol–water partition coefficient (Wildman–Crippen LogP) is 4.79. The largest absolute Gasteiger partial charge is 0.473 e. The SMILES string of the molecule is Cc1cc(C#N)cc(C(=O)NC(C)(C)C)c1NC(=O)c1cc(OC2CC(=S)C2)nn1-c1ncccc1Cl. The first-order valence-electron chi connectivity index (χ1n) is 11.5. The highest BCUT2D eigenvalue weighted by Gasteiger charge is 2.28. The molecule has 1 aliphatic rings. The molecular weight excluding hydrogens is 512 g/mol. The number of aromatic nitrogens is 3. The van der Waals surface area contributed by atoms with Gasteiger partial charge in [-0.05, 0) is 57.5 Å². The molecule has 0 atom stereocenters. The lowest BCUT2D eigenvalue weighted by molar-refractivity contribution is 0.0920. The van der Waals surface area contributed by atoms with Crippen molar-refractivity contribution >= 4 is 46.2 Å². The average molecular weight is 537 g/mol. The van der Waals surface area contributed by atoms with E-state index in [1.165, 1.54) is 23.0 Å². The number of benzene rings is 1. The molecule has 11 heteroatoms. The van der Waals surface area contributed by atoms with Crippen molar-refractivity contribution in [2.45, 2.75) is 52.2 Å². The van der Waals surface area contributed by atoms with Crippen LogP contribution in [0.2, 0.25) is 5.02 Å². The summed E-state index contributed by atoms with van der Waals surface area (Å²) < 4.78 is 7.21. The first-order chi connectivity index (χ1) is 17.4. The van der Waals surface area contributed by atoms with E-state index in [4.69, 9.17) is 28.6 Å². The van der Waals surface area contributed by atoms with Crippen LogP contribution in [-0.4, -0.2) is 43.1 Å². The standard InChI is InChI=1S/C26H25ClN6O3S/c1-14-8-15(13-28)9-18(24(34)31-26(2,3)4)22(14)30-25(35)20-12-21(36-16-10-17(37)11-16)32-33(20)23-19(27)6-5-7-29-23/h5-9,12,16H,10-11H2,1-4H3,(H,30,35)(H,31,34). The number of nitriles is 1. The summed E-state index contributed by atoms with van der Waals surface area (Å²) in [5.74, 6) is -0.516. The number of aryl methyl sites for hydroxylation is 1. The van der Waals surface area contributed by atoms with Gasteiger partial charge in [0.05, 0.1) is 27.9 Å². The van der Waals surface area contributed by atoms with Crippen LogP contribution >= 0.6 is 23.8 Å². The molecule has 9 nitrogen and oxygen atoms in total. The zero-order valence-electron chi connectivity index (χ0n) is 20.8. The van der Waals surface area contributed by atoms with E-state index < -0.39 is 17.4 Å². The van der Waals surface area contributed by atoms with Gasteiger partial charge in [-0.2, -0.15) is 5.26 Å². The highest BCUT2D eigenvalue weighted by atomic mass is 35.5. The fraction of sp³-hybridized carbons (Fsp3) is 0.308. The summed E-state index contributed by atoms with van der Waals surface area (Å²) in [6, 6.07) is 9.91. The topological polar surface area (TPSA) is 122 Å². The lowest BCUT2D eigenvalue weighted by Gasteiger charge is -2.26. The number of nitrogens with one attached hydrogen (secondary N) is 2. The highest BCUT2D eigenvalue weighted by Crippen LogP contribution is 2.29. The van der Waals surface area contributed by atoms with Crippen LogP contribution in [0.5, 0.6) is 5.88 Å².